The number of rotatable bonds is 4. The highest BCUT2D eigenvalue weighted by molar-refractivity contribution is 9.10. The number of carbonyl (C=O) groups excluding carboxylic acids is 1. The van der Waals surface area contributed by atoms with Crippen molar-refractivity contribution in [3.05, 3.63) is 46.2 Å². The van der Waals surface area contributed by atoms with E-state index < -0.39 is 5.91 Å². The summed E-state index contributed by atoms with van der Waals surface area (Å²) < 4.78 is 2.66. The molecule has 2 aromatic rings. The van der Waals surface area contributed by atoms with Gasteiger partial charge in [0.15, 0.2) is 0 Å². The highest BCUT2D eigenvalue weighted by Gasteiger charge is 2.13. The number of nitrogens with one attached hydrogen (secondary N) is 1. The number of primary amides is 1. The molecule has 1 unspecified atom stereocenters. The summed E-state index contributed by atoms with van der Waals surface area (Å²) in [4.78, 5) is 11.1. The van der Waals surface area contributed by atoms with E-state index in [9.17, 15) is 4.79 Å². The summed E-state index contributed by atoms with van der Waals surface area (Å²) in [5.74, 6) is -0.480. The molecule has 1 heterocycles. The van der Waals surface area contributed by atoms with E-state index in [0.717, 1.165) is 15.7 Å². The van der Waals surface area contributed by atoms with Gasteiger partial charge >= 0.3 is 0 Å². The van der Waals surface area contributed by atoms with Crippen molar-refractivity contribution in [1.82, 2.24) is 15.1 Å². The Kier molecular flexibility index (Phi) is 4.01. The van der Waals surface area contributed by atoms with Gasteiger partial charge in [0.05, 0.1) is 17.4 Å². The number of benzene rings is 1. The number of halogens is 1. The molecule has 1 aromatic heterocycles. The minimum atomic E-state index is -0.480. The van der Waals surface area contributed by atoms with Crippen molar-refractivity contribution in [2.45, 2.75) is 13.0 Å². The maximum atomic E-state index is 11.1. The molecule has 0 aliphatic rings. The Morgan fingerprint density at radius 3 is 2.84 bits per heavy atom. The molecule has 1 amide bonds. The van der Waals surface area contributed by atoms with Crippen molar-refractivity contribution in [3.8, 4) is 5.69 Å². The number of hydrogen-bond acceptors (Lipinski definition) is 3. The van der Waals surface area contributed by atoms with Crippen LogP contribution in [0.3, 0.4) is 0 Å². The molecule has 0 bridgehead atoms. The van der Waals surface area contributed by atoms with E-state index in [1.807, 2.05) is 25.2 Å². The summed E-state index contributed by atoms with van der Waals surface area (Å²) in [5.41, 5.74) is 7.63. The summed E-state index contributed by atoms with van der Waals surface area (Å²) >= 11 is 3.46. The fourth-order valence-electron chi connectivity index (χ4n) is 1.82. The second-order valence-corrected chi connectivity index (χ2v) is 5.17. The molecule has 0 saturated carbocycles. The Bertz CT molecular complexity index is 608. The van der Waals surface area contributed by atoms with Gasteiger partial charge in [-0.3, -0.25) is 4.79 Å². The second-order valence-electron chi connectivity index (χ2n) is 4.25. The smallest absolute Gasteiger partial charge is 0.251 e. The fourth-order valence-corrected chi connectivity index (χ4v) is 2.20. The van der Waals surface area contributed by atoms with E-state index in [1.54, 1.807) is 10.9 Å². The number of aromatic nitrogens is 2. The molecule has 2 rings (SSSR count). The van der Waals surface area contributed by atoms with Crippen molar-refractivity contribution in [1.29, 1.82) is 0 Å². The van der Waals surface area contributed by atoms with Crippen LogP contribution in [0.1, 0.15) is 28.9 Å². The molecule has 1 aromatic carbocycles. The normalized spacial score (nSPS) is 12.4. The molecule has 100 valence electrons. The van der Waals surface area contributed by atoms with Gasteiger partial charge in [-0.05, 0) is 37.7 Å². The molecule has 6 heteroatoms. The minimum Gasteiger partial charge on any atom is -0.366 e. The molecule has 0 radical (unpaired) electrons. The number of hydrogen-bond donors (Lipinski definition) is 2. The first-order valence-electron chi connectivity index (χ1n) is 5.84. The second kappa shape index (κ2) is 5.54. The van der Waals surface area contributed by atoms with Crippen molar-refractivity contribution in [2.24, 2.45) is 5.73 Å². The number of nitrogens with two attached hydrogens (primary N) is 1. The van der Waals surface area contributed by atoms with Gasteiger partial charge < -0.3 is 11.1 Å². The van der Waals surface area contributed by atoms with Crippen LogP contribution < -0.4 is 11.1 Å². The summed E-state index contributed by atoms with van der Waals surface area (Å²) in [6.07, 6.45) is 3.11. The van der Waals surface area contributed by atoms with Gasteiger partial charge in [-0.15, -0.1) is 0 Å². The molecular formula is C13H15BrN4O. The quantitative estimate of drug-likeness (QED) is 0.904. The van der Waals surface area contributed by atoms with Gasteiger partial charge in [0, 0.05) is 16.7 Å². The molecule has 0 saturated heterocycles. The van der Waals surface area contributed by atoms with Crippen LogP contribution in [0.15, 0.2) is 35.1 Å². The molecule has 0 aliphatic carbocycles. The number of carbonyl (C=O) groups is 1. The van der Waals surface area contributed by atoms with Gasteiger partial charge in [-0.1, -0.05) is 15.9 Å². The Morgan fingerprint density at radius 2 is 2.26 bits per heavy atom. The molecular weight excluding hydrogens is 308 g/mol. The molecule has 19 heavy (non-hydrogen) atoms. The molecule has 0 fully saturated rings. The largest absolute Gasteiger partial charge is 0.366 e. The fraction of sp³-hybridized carbons (Fsp3) is 0.231. The van der Waals surface area contributed by atoms with Crippen molar-refractivity contribution < 1.29 is 4.79 Å². The third kappa shape index (κ3) is 2.85. The van der Waals surface area contributed by atoms with Crippen molar-refractivity contribution in [3.63, 3.8) is 0 Å². The Balaban J connectivity index is 2.51. The minimum absolute atomic E-state index is 0.161. The van der Waals surface area contributed by atoms with E-state index in [1.165, 1.54) is 6.20 Å². The van der Waals surface area contributed by atoms with E-state index in [0.29, 0.717) is 5.56 Å². The van der Waals surface area contributed by atoms with E-state index >= 15 is 0 Å². The number of amides is 1. The summed E-state index contributed by atoms with van der Waals surface area (Å²) in [5, 5.41) is 7.38. The van der Waals surface area contributed by atoms with Crippen LogP contribution in [0.4, 0.5) is 0 Å². The Labute approximate surface area is 119 Å². The monoisotopic (exact) mass is 322 g/mol. The van der Waals surface area contributed by atoms with Crippen molar-refractivity contribution in [2.75, 3.05) is 7.05 Å². The molecule has 3 N–H and O–H groups in total. The maximum Gasteiger partial charge on any atom is 0.251 e. The van der Waals surface area contributed by atoms with Crippen LogP contribution in [0, 0.1) is 0 Å². The zero-order chi connectivity index (χ0) is 14.0. The first-order valence-corrected chi connectivity index (χ1v) is 6.63. The SMILES string of the molecule is CNC(C)c1cc(Br)ccc1-n1cc(C(N)=O)cn1. The zero-order valence-corrected chi connectivity index (χ0v) is 12.3. The van der Waals surface area contributed by atoms with Gasteiger partial charge in [0.2, 0.25) is 0 Å². The highest BCUT2D eigenvalue weighted by atomic mass is 79.9. The lowest BCUT2D eigenvalue weighted by Gasteiger charge is -2.16. The van der Waals surface area contributed by atoms with Crippen LogP contribution in [0.5, 0.6) is 0 Å². The molecule has 5 nitrogen and oxygen atoms in total. The van der Waals surface area contributed by atoms with Gasteiger partial charge in [0.25, 0.3) is 5.91 Å². The lowest BCUT2D eigenvalue weighted by Crippen LogP contribution is -2.15. The zero-order valence-electron chi connectivity index (χ0n) is 10.7. The highest BCUT2D eigenvalue weighted by Crippen LogP contribution is 2.25. The standard InChI is InChI=1S/C13H15BrN4O/c1-8(16-2)11-5-10(14)3-4-12(11)18-7-9(6-17-18)13(15)19/h3-8,16H,1-2H3,(H2,15,19). The van der Waals surface area contributed by atoms with Crippen LogP contribution in [-0.2, 0) is 0 Å². The molecule has 1 atom stereocenters. The van der Waals surface area contributed by atoms with Gasteiger partial charge in [-0.2, -0.15) is 5.10 Å². The lowest BCUT2D eigenvalue weighted by molar-refractivity contribution is 0.100. The lowest BCUT2D eigenvalue weighted by atomic mass is 10.1. The third-order valence-electron chi connectivity index (χ3n) is 3.00. The topological polar surface area (TPSA) is 72.9 Å². The summed E-state index contributed by atoms with van der Waals surface area (Å²) in [6, 6.07) is 6.08. The average Bonchev–Trinajstić information content (AvgIpc) is 2.87. The first-order chi connectivity index (χ1) is 9.02. The number of nitrogens with zero attached hydrogens (tertiary/aromatic N) is 2. The van der Waals surface area contributed by atoms with E-state index in [-0.39, 0.29) is 6.04 Å². The van der Waals surface area contributed by atoms with Crippen LogP contribution in [0.2, 0.25) is 0 Å². The summed E-state index contributed by atoms with van der Waals surface area (Å²) in [6.45, 7) is 2.06. The van der Waals surface area contributed by atoms with Crippen LogP contribution >= 0.6 is 15.9 Å². The van der Waals surface area contributed by atoms with E-state index in [2.05, 4.69) is 33.3 Å². The van der Waals surface area contributed by atoms with Gasteiger partial charge in [-0.25, -0.2) is 4.68 Å². The predicted octanol–water partition coefficient (Wildman–Crippen LogP) is 2.01. The van der Waals surface area contributed by atoms with Crippen molar-refractivity contribution >= 4 is 21.8 Å². The first kappa shape index (κ1) is 13.8. The van der Waals surface area contributed by atoms with Gasteiger partial charge in [0.1, 0.15) is 0 Å². The van der Waals surface area contributed by atoms with E-state index in [4.69, 9.17) is 5.73 Å². The molecule has 0 spiro atoms. The third-order valence-corrected chi connectivity index (χ3v) is 3.50. The van der Waals surface area contributed by atoms with Crippen LogP contribution in [0.25, 0.3) is 5.69 Å². The van der Waals surface area contributed by atoms with Crippen LogP contribution in [-0.4, -0.2) is 22.7 Å². The average molecular weight is 323 g/mol. The predicted molar refractivity (Wildman–Crippen MR) is 77.3 cm³/mol. The Morgan fingerprint density at radius 1 is 1.53 bits per heavy atom. The maximum absolute atomic E-state index is 11.1. The molecule has 0 aliphatic heterocycles. The summed E-state index contributed by atoms with van der Waals surface area (Å²) in [7, 11) is 1.90. The Hall–Kier alpha value is -1.66.